The van der Waals surface area contributed by atoms with Crippen LogP contribution in [0, 0.1) is 0 Å². The highest BCUT2D eigenvalue weighted by atomic mass is 19.1. The number of anilines is 1. The van der Waals surface area contributed by atoms with Crippen molar-refractivity contribution in [1.82, 2.24) is 9.88 Å². The maximum absolute atomic E-state index is 15.8. The predicted octanol–water partition coefficient (Wildman–Crippen LogP) is 4.21. The molecular formula is C28H36FN3O4. The third-order valence-electron chi connectivity index (χ3n) is 7.58. The van der Waals surface area contributed by atoms with Gasteiger partial charge in [-0.2, -0.15) is 0 Å². The standard InChI is InChI=1S/C28H36FN3O4/c29-28(10-8-23-7-6-20-4-2-12-30-27(20)31-23)11-13-32(19-28)17-22(16-26(33)34)21-3-1-5-24(15-21)36-25-9-14-35-18-25/h1,3,5-7,15,22,25H,2,4,8-14,16-19H2,(H,30,31)(H,33,34)/t22?,25-,28-/m0/s1. The average molecular weight is 498 g/mol. The molecule has 0 radical (unpaired) electrons. The first-order valence-corrected chi connectivity index (χ1v) is 13.2. The van der Waals surface area contributed by atoms with Gasteiger partial charge in [-0.25, -0.2) is 9.37 Å². The third-order valence-corrected chi connectivity index (χ3v) is 7.58. The largest absolute Gasteiger partial charge is 0.488 e. The molecule has 7 nitrogen and oxygen atoms in total. The Labute approximate surface area is 212 Å². The van der Waals surface area contributed by atoms with Crippen LogP contribution in [0.3, 0.4) is 0 Å². The SMILES string of the molecule is O=C(O)CC(CN1CC[C@@](F)(CCc2ccc3c(n2)NCCC3)C1)c1cccc(O[C@H]2CCOC2)c1. The minimum absolute atomic E-state index is 0.00216. The van der Waals surface area contributed by atoms with Gasteiger partial charge in [0.05, 0.1) is 19.6 Å². The quantitative estimate of drug-likeness (QED) is 0.509. The number of rotatable bonds is 10. The summed E-state index contributed by atoms with van der Waals surface area (Å²) in [6.45, 7) is 3.67. The summed E-state index contributed by atoms with van der Waals surface area (Å²) < 4.78 is 27.2. The van der Waals surface area contributed by atoms with Gasteiger partial charge in [-0.3, -0.25) is 9.69 Å². The van der Waals surface area contributed by atoms with Crippen LogP contribution in [-0.4, -0.2) is 72.1 Å². The Bertz CT molecular complexity index is 1060. The van der Waals surface area contributed by atoms with E-state index in [0.717, 1.165) is 48.6 Å². The average Bonchev–Trinajstić information content (AvgIpc) is 3.52. The van der Waals surface area contributed by atoms with Crippen molar-refractivity contribution in [2.75, 3.05) is 44.7 Å². The van der Waals surface area contributed by atoms with Gasteiger partial charge >= 0.3 is 5.97 Å². The highest BCUT2D eigenvalue weighted by Gasteiger charge is 2.39. The minimum Gasteiger partial charge on any atom is -0.488 e. The number of fused-ring (bicyclic) bond motifs is 1. The maximum Gasteiger partial charge on any atom is 0.304 e. The van der Waals surface area contributed by atoms with Crippen LogP contribution >= 0.6 is 0 Å². The summed E-state index contributed by atoms with van der Waals surface area (Å²) in [5.41, 5.74) is 1.79. The first-order valence-electron chi connectivity index (χ1n) is 13.2. The Morgan fingerprint density at radius 3 is 3.11 bits per heavy atom. The summed E-state index contributed by atoms with van der Waals surface area (Å²) in [4.78, 5) is 18.4. The van der Waals surface area contributed by atoms with Crippen LogP contribution in [0.15, 0.2) is 36.4 Å². The third kappa shape index (κ3) is 6.34. The molecule has 4 heterocycles. The summed E-state index contributed by atoms with van der Waals surface area (Å²) in [5.74, 6) is 0.588. The van der Waals surface area contributed by atoms with Crippen LogP contribution in [0.5, 0.6) is 5.75 Å². The van der Waals surface area contributed by atoms with Crippen molar-refractivity contribution < 1.29 is 23.8 Å². The molecule has 0 amide bonds. The first-order chi connectivity index (χ1) is 17.5. The van der Waals surface area contributed by atoms with Gasteiger partial charge in [0.15, 0.2) is 0 Å². The van der Waals surface area contributed by atoms with Gasteiger partial charge in [-0.15, -0.1) is 0 Å². The molecule has 0 saturated carbocycles. The molecule has 0 bridgehead atoms. The van der Waals surface area contributed by atoms with E-state index in [-0.39, 0.29) is 18.4 Å². The van der Waals surface area contributed by atoms with E-state index in [0.29, 0.717) is 52.1 Å². The molecule has 2 aromatic rings. The Hall–Kier alpha value is -2.71. The Kier molecular flexibility index (Phi) is 7.72. The van der Waals surface area contributed by atoms with Gasteiger partial charge in [0.2, 0.25) is 0 Å². The van der Waals surface area contributed by atoms with Gasteiger partial charge in [0.25, 0.3) is 0 Å². The van der Waals surface area contributed by atoms with Crippen molar-refractivity contribution in [2.45, 2.75) is 62.6 Å². The maximum atomic E-state index is 15.8. The normalized spacial score (nSPS) is 24.8. The van der Waals surface area contributed by atoms with Crippen LogP contribution < -0.4 is 10.1 Å². The fourth-order valence-electron chi connectivity index (χ4n) is 5.59. The molecule has 3 atom stereocenters. The first kappa shape index (κ1) is 25.0. The second-order valence-corrected chi connectivity index (χ2v) is 10.4. The molecule has 0 aliphatic carbocycles. The van der Waals surface area contributed by atoms with Gasteiger partial charge in [-0.1, -0.05) is 18.2 Å². The zero-order chi connectivity index (χ0) is 25.0. The molecule has 194 valence electrons. The molecule has 1 aromatic heterocycles. The molecule has 2 fully saturated rings. The number of carboxylic acid groups (broad SMARTS) is 1. The number of hydrogen-bond acceptors (Lipinski definition) is 6. The molecule has 0 spiro atoms. The van der Waals surface area contributed by atoms with Crippen molar-refractivity contribution in [1.29, 1.82) is 0 Å². The fourth-order valence-corrected chi connectivity index (χ4v) is 5.59. The number of carboxylic acids is 1. The second-order valence-electron chi connectivity index (χ2n) is 10.4. The van der Waals surface area contributed by atoms with Crippen molar-refractivity contribution in [3.8, 4) is 5.75 Å². The van der Waals surface area contributed by atoms with Gasteiger partial charge in [-0.05, 0) is 61.4 Å². The monoisotopic (exact) mass is 497 g/mol. The van der Waals surface area contributed by atoms with Crippen molar-refractivity contribution in [2.24, 2.45) is 0 Å². The lowest BCUT2D eigenvalue weighted by molar-refractivity contribution is -0.137. The highest BCUT2D eigenvalue weighted by molar-refractivity contribution is 5.68. The number of hydrogen-bond donors (Lipinski definition) is 2. The van der Waals surface area contributed by atoms with Gasteiger partial charge in [0.1, 0.15) is 23.3 Å². The minimum atomic E-state index is -1.29. The van der Waals surface area contributed by atoms with E-state index in [4.69, 9.17) is 14.5 Å². The summed E-state index contributed by atoms with van der Waals surface area (Å²) in [6, 6.07) is 11.8. The molecule has 5 rings (SSSR count). The zero-order valence-electron chi connectivity index (χ0n) is 20.8. The highest BCUT2D eigenvalue weighted by Crippen LogP contribution is 2.34. The predicted molar refractivity (Wildman–Crippen MR) is 136 cm³/mol. The van der Waals surface area contributed by atoms with Crippen LogP contribution in [0.1, 0.15) is 54.8 Å². The van der Waals surface area contributed by atoms with E-state index >= 15 is 4.39 Å². The Morgan fingerprint density at radius 2 is 2.28 bits per heavy atom. The number of halogens is 1. The van der Waals surface area contributed by atoms with Gasteiger partial charge in [0, 0.05) is 44.2 Å². The summed E-state index contributed by atoms with van der Waals surface area (Å²) in [5, 5.41) is 12.9. The van der Waals surface area contributed by atoms with Crippen LogP contribution in [0.25, 0.3) is 0 Å². The molecule has 36 heavy (non-hydrogen) atoms. The fraction of sp³-hybridized carbons (Fsp3) is 0.571. The molecular weight excluding hydrogens is 461 g/mol. The zero-order valence-corrected chi connectivity index (χ0v) is 20.8. The molecule has 3 aliphatic heterocycles. The molecule has 1 unspecified atom stereocenters. The summed E-state index contributed by atoms with van der Waals surface area (Å²) >= 11 is 0. The lowest BCUT2D eigenvalue weighted by Gasteiger charge is -2.25. The number of likely N-dealkylation sites (tertiary alicyclic amines) is 1. The Morgan fingerprint density at radius 1 is 1.36 bits per heavy atom. The summed E-state index contributed by atoms with van der Waals surface area (Å²) in [7, 11) is 0. The van der Waals surface area contributed by atoms with E-state index < -0.39 is 11.6 Å². The number of alkyl halides is 1. The number of aliphatic carboxylic acids is 1. The lowest BCUT2D eigenvalue weighted by atomic mass is 9.94. The topological polar surface area (TPSA) is 83.9 Å². The number of ether oxygens (including phenoxy) is 2. The van der Waals surface area contributed by atoms with Crippen molar-refractivity contribution >= 4 is 11.8 Å². The second kappa shape index (κ2) is 11.1. The van der Waals surface area contributed by atoms with Crippen LogP contribution in [-0.2, 0) is 22.4 Å². The number of nitrogens with zero attached hydrogens (tertiary/aromatic N) is 2. The van der Waals surface area contributed by atoms with Gasteiger partial charge < -0.3 is 19.9 Å². The number of pyridine rings is 1. The summed E-state index contributed by atoms with van der Waals surface area (Å²) in [6.07, 6.45) is 4.52. The number of aryl methyl sites for hydroxylation is 2. The Balaban J connectivity index is 1.19. The van der Waals surface area contributed by atoms with E-state index in [9.17, 15) is 9.90 Å². The molecule has 1 aromatic carbocycles. The smallest absolute Gasteiger partial charge is 0.304 e. The number of nitrogens with one attached hydrogen (secondary N) is 1. The van der Waals surface area contributed by atoms with E-state index in [2.05, 4.69) is 16.3 Å². The number of aromatic nitrogens is 1. The van der Waals surface area contributed by atoms with E-state index in [1.807, 2.05) is 30.3 Å². The van der Waals surface area contributed by atoms with Crippen LogP contribution in [0.2, 0.25) is 0 Å². The molecule has 3 aliphatic rings. The molecule has 8 heteroatoms. The van der Waals surface area contributed by atoms with E-state index in [1.54, 1.807) is 0 Å². The van der Waals surface area contributed by atoms with Crippen molar-refractivity contribution in [3.63, 3.8) is 0 Å². The lowest BCUT2D eigenvalue weighted by Crippen LogP contribution is -2.32. The molecule has 2 N–H and O–H groups in total. The molecule has 2 saturated heterocycles. The van der Waals surface area contributed by atoms with Crippen LogP contribution in [0.4, 0.5) is 10.2 Å². The van der Waals surface area contributed by atoms with Crippen molar-refractivity contribution in [3.05, 3.63) is 53.2 Å². The number of benzene rings is 1. The van der Waals surface area contributed by atoms with E-state index in [1.165, 1.54) is 5.56 Å². The number of carbonyl (C=O) groups is 1.